The molecule has 0 spiro atoms. The molecule has 0 aliphatic heterocycles. The SMILES string of the molecule is CC(C)(C)O[C@@H]1Cc2ccccc2[C@@H]1CC(O)O. The van der Waals surface area contributed by atoms with E-state index in [4.69, 9.17) is 4.74 Å². The maximum absolute atomic E-state index is 9.25. The lowest BCUT2D eigenvalue weighted by atomic mass is 9.95. The predicted molar refractivity (Wildman–Crippen MR) is 70.4 cm³/mol. The Bertz CT molecular complexity index is 406. The van der Waals surface area contributed by atoms with Crippen molar-refractivity contribution in [2.45, 2.75) is 57.5 Å². The standard InChI is InChI=1S/C15H22O3/c1-15(2,3)18-13-8-10-6-4-5-7-11(10)12(13)9-14(16)17/h4-7,12-14,16-17H,8-9H2,1-3H3/t12-,13+/m0/s1. The van der Waals surface area contributed by atoms with Crippen molar-refractivity contribution in [3.63, 3.8) is 0 Å². The second kappa shape index (κ2) is 5.00. The third kappa shape index (κ3) is 3.10. The second-order valence-electron chi connectivity index (χ2n) is 5.99. The number of ether oxygens (including phenoxy) is 1. The van der Waals surface area contributed by atoms with Crippen LogP contribution in [0.1, 0.15) is 44.2 Å². The summed E-state index contributed by atoms with van der Waals surface area (Å²) in [5.41, 5.74) is 2.24. The molecule has 1 aromatic carbocycles. The third-order valence-electron chi connectivity index (χ3n) is 3.29. The number of aliphatic hydroxyl groups is 2. The van der Waals surface area contributed by atoms with Crippen LogP contribution in [0.4, 0.5) is 0 Å². The molecule has 100 valence electrons. The quantitative estimate of drug-likeness (QED) is 0.809. The van der Waals surface area contributed by atoms with Gasteiger partial charge in [0, 0.05) is 12.3 Å². The molecule has 0 saturated heterocycles. The van der Waals surface area contributed by atoms with Crippen LogP contribution in [0.3, 0.4) is 0 Å². The molecule has 0 aromatic heterocycles. The molecule has 0 saturated carbocycles. The first-order valence-corrected chi connectivity index (χ1v) is 6.48. The molecule has 3 heteroatoms. The predicted octanol–water partition coefficient (Wildman–Crippen LogP) is 2.21. The minimum Gasteiger partial charge on any atom is -0.372 e. The molecule has 0 bridgehead atoms. The molecule has 1 aliphatic rings. The Kier molecular flexibility index (Phi) is 3.76. The van der Waals surface area contributed by atoms with E-state index in [0.717, 1.165) is 6.42 Å². The average Bonchev–Trinajstić information content (AvgIpc) is 2.54. The molecule has 0 radical (unpaired) electrons. The maximum atomic E-state index is 9.25. The van der Waals surface area contributed by atoms with E-state index < -0.39 is 6.29 Å². The summed E-state index contributed by atoms with van der Waals surface area (Å²) >= 11 is 0. The fourth-order valence-corrected chi connectivity index (χ4v) is 2.72. The summed E-state index contributed by atoms with van der Waals surface area (Å²) in [7, 11) is 0. The number of rotatable bonds is 3. The molecular weight excluding hydrogens is 228 g/mol. The van der Waals surface area contributed by atoms with Gasteiger partial charge in [-0.05, 0) is 38.3 Å². The molecule has 3 nitrogen and oxygen atoms in total. The first-order valence-electron chi connectivity index (χ1n) is 6.48. The van der Waals surface area contributed by atoms with Crippen LogP contribution in [-0.2, 0) is 11.2 Å². The van der Waals surface area contributed by atoms with Crippen LogP contribution in [-0.4, -0.2) is 28.2 Å². The Labute approximate surface area is 108 Å². The average molecular weight is 250 g/mol. The second-order valence-corrected chi connectivity index (χ2v) is 5.99. The highest BCUT2D eigenvalue weighted by molar-refractivity contribution is 5.37. The van der Waals surface area contributed by atoms with Gasteiger partial charge in [-0.3, -0.25) is 0 Å². The zero-order chi connectivity index (χ0) is 13.3. The zero-order valence-electron chi connectivity index (χ0n) is 11.3. The fraction of sp³-hybridized carbons (Fsp3) is 0.600. The minimum absolute atomic E-state index is 0.0317. The Hall–Kier alpha value is -0.900. The number of hydrogen-bond acceptors (Lipinski definition) is 3. The topological polar surface area (TPSA) is 49.7 Å². The summed E-state index contributed by atoms with van der Waals surface area (Å²) in [6.45, 7) is 6.09. The molecular formula is C15H22O3. The number of hydrogen-bond donors (Lipinski definition) is 2. The summed E-state index contributed by atoms with van der Waals surface area (Å²) < 4.78 is 6.07. The van der Waals surface area contributed by atoms with Crippen LogP contribution < -0.4 is 0 Å². The third-order valence-corrected chi connectivity index (χ3v) is 3.29. The van der Waals surface area contributed by atoms with Gasteiger partial charge < -0.3 is 14.9 Å². The first-order chi connectivity index (χ1) is 8.37. The molecule has 0 amide bonds. The van der Waals surface area contributed by atoms with Crippen LogP contribution in [0.5, 0.6) is 0 Å². The Morgan fingerprint density at radius 1 is 1.28 bits per heavy atom. The number of benzene rings is 1. The lowest BCUT2D eigenvalue weighted by Crippen LogP contribution is -2.31. The highest BCUT2D eigenvalue weighted by Gasteiger charge is 2.36. The molecule has 0 fully saturated rings. The van der Waals surface area contributed by atoms with E-state index in [1.807, 2.05) is 32.9 Å². The van der Waals surface area contributed by atoms with Gasteiger partial charge in [-0.25, -0.2) is 0 Å². The Morgan fingerprint density at radius 3 is 2.56 bits per heavy atom. The lowest BCUT2D eigenvalue weighted by Gasteiger charge is -2.29. The molecule has 2 rings (SSSR count). The van der Waals surface area contributed by atoms with Crippen LogP contribution in [0, 0.1) is 0 Å². The van der Waals surface area contributed by atoms with Gasteiger partial charge in [0.2, 0.25) is 0 Å². The van der Waals surface area contributed by atoms with E-state index in [1.165, 1.54) is 11.1 Å². The van der Waals surface area contributed by atoms with Crippen molar-refractivity contribution in [1.29, 1.82) is 0 Å². The largest absolute Gasteiger partial charge is 0.372 e. The lowest BCUT2D eigenvalue weighted by molar-refractivity contribution is -0.0935. The molecule has 0 heterocycles. The number of fused-ring (bicyclic) bond motifs is 1. The summed E-state index contributed by atoms with van der Waals surface area (Å²) in [6, 6.07) is 8.17. The van der Waals surface area contributed by atoms with Gasteiger partial charge in [0.25, 0.3) is 0 Å². The Morgan fingerprint density at radius 2 is 1.94 bits per heavy atom. The maximum Gasteiger partial charge on any atom is 0.152 e. The normalized spacial score (nSPS) is 23.4. The van der Waals surface area contributed by atoms with Gasteiger partial charge in [0.05, 0.1) is 11.7 Å². The van der Waals surface area contributed by atoms with Gasteiger partial charge in [0.15, 0.2) is 6.29 Å². The van der Waals surface area contributed by atoms with Crippen molar-refractivity contribution >= 4 is 0 Å². The molecule has 18 heavy (non-hydrogen) atoms. The van der Waals surface area contributed by atoms with Crippen molar-refractivity contribution in [3.05, 3.63) is 35.4 Å². The van der Waals surface area contributed by atoms with Crippen molar-refractivity contribution in [2.75, 3.05) is 0 Å². The monoisotopic (exact) mass is 250 g/mol. The van der Waals surface area contributed by atoms with Crippen LogP contribution in [0.25, 0.3) is 0 Å². The highest BCUT2D eigenvalue weighted by atomic mass is 16.5. The Balaban J connectivity index is 2.22. The van der Waals surface area contributed by atoms with E-state index >= 15 is 0 Å². The summed E-state index contributed by atoms with van der Waals surface area (Å²) in [5, 5.41) is 18.5. The van der Waals surface area contributed by atoms with Crippen LogP contribution in [0.2, 0.25) is 0 Å². The first kappa shape index (κ1) is 13.5. The van der Waals surface area contributed by atoms with Crippen molar-refractivity contribution in [2.24, 2.45) is 0 Å². The van der Waals surface area contributed by atoms with Crippen LogP contribution in [0.15, 0.2) is 24.3 Å². The summed E-state index contributed by atoms with van der Waals surface area (Å²) in [6.07, 6.45) is -0.0702. The smallest absolute Gasteiger partial charge is 0.152 e. The molecule has 1 aliphatic carbocycles. The van der Waals surface area contributed by atoms with Gasteiger partial charge >= 0.3 is 0 Å². The molecule has 0 unspecified atom stereocenters. The van der Waals surface area contributed by atoms with Crippen molar-refractivity contribution in [1.82, 2.24) is 0 Å². The van der Waals surface area contributed by atoms with Gasteiger partial charge in [-0.15, -0.1) is 0 Å². The molecule has 2 N–H and O–H groups in total. The minimum atomic E-state index is -1.28. The van der Waals surface area contributed by atoms with E-state index in [1.54, 1.807) is 0 Å². The van der Waals surface area contributed by atoms with Gasteiger partial charge in [-0.1, -0.05) is 24.3 Å². The van der Waals surface area contributed by atoms with E-state index in [0.29, 0.717) is 6.42 Å². The van der Waals surface area contributed by atoms with Crippen LogP contribution >= 0.6 is 0 Å². The van der Waals surface area contributed by atoms with Crippen molar-refractivity contribution < 1.29 is 14.9 Å². The number of aliphatic hydroxyl groups excluding tert-OH is 1. The van der Waals surface area contributed by atoms with Gasteiger partial charge in [-0.2, -0.15) is 0 Å². The summed E-state index contributed by atoms with van der Waals surface area (Å²) in [5.74, 6) is 0.0698. The van der Waals surface area contributed by atoms with Crippen molar-refractivity contribution in [3.8, 4) is 0 Å². The van der Waals surface area contributed by atoms with E-state index in [-0.39, 0.29) is 17.6 Å². The highest BCUT2D eigenvalue weighted by Crippen LogP contribution is 2.39. The van der Waals surface area contributed by atoms with E-state index in [9.17, 15) is 10.2 Å². The van der Waals surface area contributed by atoms with Gasteiger partial charge in [0.1, 0.15) is 0 Å². The zero-order valence-corrected chi connectivity index (χ0v) is 11.3. The summed E-state index contributed by atoms with van der Waals surface area (Å²) in [4.78, 5) is 0. The molecule has 1 aromatic rings. The fourth-order valence-electron chi connectivity index (χ4n) is 2.72. The molecule has 2 atom stereocenters. The van der Waals surface area contributed by atoms with E-state index in [2.05, 4.69) is 12.1 Å².